The number of rotatable bonds is 11. The van der Waals surface area contributed by atoms with E-state index in [9.17, 15) is 9.90 Å². The molecule has 1 atom stereocenters. The van der Waals surface area contributed by atoms with Crippen LogP contribution in [0.2, 0.25) is 10.0 Å². The number of phenolic OH excluding ortho intramolecular Hbond substituents is 1. The summed E-state index contributed by atoms with van der Waals surface area (Å²) < 4.78 is 5.64. The molecule has 0 aliphatic heterocycles. The third-order valence-corrected chi connectivity index (χ3v) is 5.13. The quantitative estimate of drug-likeness (QED) is 0.432. The maximum absolute atomic E-state index is 12.6. The molecule has 0 heterocycles. The normalized spacial score (nSPS) is 11.9. The highest BCUT2D eigenvalue weighted by Crippen LogP contribution is 2.42. The van der Waals surface area contributed by atoms with Gasteiger partial charge in [0.1, 0.15) is 5.02 Å². The Morgan fingerprint density at radius 1 is 1.17 bits per heavy atom. The number of benzene rings is 2. The van der Waals surface area contributed by atoms with Crippen LogP contribution in [0, 0.1) is 0 Å². The molecule has 0 aliphatic carbocycles. The van der Waals surface area contributed by atoms with Crippen LogP contribution in [-0.4, -0.2) is 30.2 Å². The number of nitrogens with one attached hydrogen (secondary N) is 1. The molecule has 0 aromatic heterocycles. The predicted molar refractivity (Wildman–Crippen MR) is 118 cm³/mol. The summed E-state index contributed by atoms with van der Waals surface area (Å²) in [5, 5.41) is 13.4. The minimum atomic E-state index is -0.442. The fourth-order valence-corrected chi connectivity index (χ4v) is 3.56. The average molecular weight is 439 g/mol. The zero-order valence-corrected chi connectivity index (χ0v) is 18.1. The summed E-state index contributed by atoms with van der Waals surface area (Å²) in [7, 11) is 0. The molecule has 0 saturated carbocycles. The lowest BCUT2D eigenvalue weighted by Crippen LogP contribution is -2.34. The molecule has 29 heavy (non-hydrogen) atoms. The van der Waals surface area contributed by atoms with Gasteiger partial charge in [0.2, 0.25) is 0 Å². The predicted octanol–water partition coefficient (Wildman–Crippen LogP) is 4.96. The number of amides is 1. The van der Waals surface area contributed by atoms with Crippen molar-refractivity contribution < 1.29 is 14.6 Å². The number of unbranched alkanes of at least 4 members (excludes halogenated alkanes) is 3. The Kier molecular flexibility index (Phi) is 9.58. The maximum atomic E-state index is 12.6. The summed E-state index contributed by atoms with van der Waals surface area (Å²) in [5.41, 5.74) is 6.60. The second-order valence-electron chi connectivity index (χ2n) is 7.01. The smallest absolute Gasteiger partial charge is 0.255 e. The van der Waals surface area contributed by atoms with Crippen molar-refractivity contribution >= 4 is 29.1 Å². The number of carbonyl (C=O) groups excluding carboxylic acids is 1. The molecule has 0 aliphatic rings. The van der Waals surface area contributed by atoms with Crippen LogP contribution >= 0.6 is 23.2 Å². The molecule has 5 nitrogen and oxygen atoms in total. The monoisotopic (exact) mass is 438 g/mol. The van der Waals surface area contributed by atoms with E-state index >= 15 is 0 Å². The van der Waals surface area contributed by atoms with Crippen LogP contribution in [0.25, 0.3) is 0 Å². The van der Waals surface area contributed by atoms with Crippen molar-refractivity contribution in [3.63, 3.8) is 0 Å². The van der Waals surface area contributed by atoms with E-state index in [1.54, 1.807) is 0 Å². The molecule has 4 N–H and O–H groups in total. The topological polar surface area (TPSA) is 84.6 Å². The van der Waals surface area contributed by atoms with Gasteiger partial charge in [-0.05, 0) is 44.4 Å². The lowest BCUT2D eigenvalue weighted by atomic mass is 10.1. The molecule has 0 bridgehead atoms. The Balaban J connectivity index is 1.99. The first-order valence-electron chi connectivity index (χ1n) is 9.82. The molecule has 0 spiro atoms. The van der Waals surface area contributed by atoms with Crippen LogP contribution in [0.3, 0.4) is 0 Å². The van der Waals surface area contributed by atoms with Crippen LogP contribution in [0.4, 0.5) is 0 Å². The highest BCUT2D eigenvalue weighted by molar-refractivity contribution is 6.39. The Hall–Kier alpha value is -1.95. The molecule has 0 saturated heterocycles. The van der Waals surface area contributed by atoms with Gasteiger partial charge in [-0.15, -0.1) is 0 Å². The number of carbonyl (C=O) groups is 1. The first-order chi connectivity index (χ1) is 13.9. The molecule has 2 aromatic carbocycles. The largest absolute Gasteiger partial charge is 0.505 e. The zero-order chi connectivity index (χ0) is 21.2. The van der Waals surface area contributed by atoms with Gasteiger partial charge in [-0.1, -0.05) is 66.4 Å². The minimum absolute atomic E-state index is 0.0233. The van der Waals surface area contributed by atoms with E-state index < -0.39 is 5.91 Å². The molecule has 2 aromatic rings. The fourth-order valence-electron chi connectivity index (χ4n) is 2.99. The summed E-state index contributed by atoms with van der Waals surface area (Å²) >= 11 is 12.5. The van der Waals surface area contributed by atoms with Crippen LogP contribution in [0.1, 0.15) is 48.5 Å². The van der Waals surface area contributed by atoms with E-state index in [4.69, 9.17) is 33.7 Å². The van der Waals surface area contributed by atoms with Crippen molar-refractivity contribution in [1.29, 1.82) is 0 Å². The average Bonchev–Trinajstić information content (AvgIpc) is 2.70. The SMILES string of the molecule is C[C@H](Cc1ccccc1)NC(=O)c1cc(Cl)c(OCCCCCCN)c(Cl)c1O. The summed E-state index contributed by atoms with van der Waals surface area (Å²) in [4.78, 5) is 12.6. The Morgan fingerprint density at radius 2 is 1.86 bits per heavy atom. The van der Waals surface area contributed by atoms with Crippen LogP contribution in [0.5, 0.6) is 11.5 Å². The van der Waals surface area contributed by atoms with Crippen LogP contribution in [-0.2, 0) is 6.42 Å². The minimum Gasteiger partial charge on any atom is -0.505 e. The van der Waals surface area contributed by atoms with Gasteiger partial charge < -0.3 is 20.9 Å². The molecule has 0 unspecified atom stereocenters. The van der Waals surface area contributed by atoms with Gasteiger partial charge in [0, 0.05) is 6.04 Å². The van der Waals surface area contributed by atoms with E-state index in [0.717, 1.165) is 31.2 Å². The van der Waals surface area contributed by atoms with E-state index in [1.807, 2.05) is 37.3 Å². The van der Waals surface area contributed by atoms with Crippen molar-refractivity contribution in [2.45, 2.75) is 45.1 Å². The third kappa shape index (κ3) is 7.11. The highest BCUT2D eigenvalue weighted by atomic mass is 35.5. The molecular formula is C22H28Cl2N2O3. The molecule has 1 amide bonds. The molecule has 0 fully saturated rings. The zero-order valence-electron chi connectivity index (χ0n) is 16.6. The van der Waals surface area contributed by atoms with Crippen LogP contribution in [0.15, 0.2) is 36.4 Å². The van der Waals surface area contributed by atoms with Gasteiger partial charge in [0.05, 0.1) is 17.2 Å². The molecule has 7 heteroatoms. The van der Waals surface area contributed by atoms with Crippen molar-refractivity contribution in [1.82, 2.24) is 5.32 Å². The van der Waals surface area contributed by atoms with Crippen molar-refractivity contribution in [2.75, 3.05) is 13.2 Å². The third-order valence-electron chi connectivity index (χ3n) is 4.50. The number of ether oxygens (including phenoxy) is 1. The molecule has 158 valence electrons. The van der Waals surface area contributed by atoms with Gasteiger partial charge in [-0.2, -0.15) is 0 Å². The van der Waals surface area contributed by atoms with Crippen molar-refractivity contribution in [3.8, 4) is 11.5 Å². The second kappa shape index (κ2) is 11.9. The second-order valence-corrected chi connectivity index (χ2v) is 7.80. The standard InChI is InChI=1S/C22H28Cl2N2O3/c1-15(13-16-9-5-4-6-10-16)26-22(28)17-14-18(23)21(19(24)20(17)27)29-12-8-3-2-7-11-25/h4-6,9-10,14-15,27H,2-3,7-8,11-13,25H2,1H3,(H,26,28)/t15-/m1/s1. The fraction of sp³-hybridized carbons (Fsp3) is 0.409. The number of nitrogens with two attached hydrogens (primary N) is 1. The van der Waals surface area contributed by atoms with E-state index in [-0.39, 0.29) is 33.1 Å². The molecule has 2 rings (SSSR count). The lowest BCUT2D eigenvalue weighted by Gasteiger charge is -2.17. The summed E-state index contributed by atoms with van der Waals surface area (Å²) in [6.07, 6.45) is 4.49. The first-order valence-corrected chi connectivity index (χ1v) is 10.6. The summed E-state index contributed by atoms with van der Waals surface area (Å²) in [5.74, 6) is -0.583. The number of phenols is 1. The maximum Gasteiger partial charge on any atom is 0.255 e. The van der Waals surface area contributed by atoms with Crippen molar-refractivity contribution in [2.24, 2.45) is 5.73 Å². The van der Waals surface area contributed by atoms with E-state index in [1.165, 1.54) is 6.07 Å². The van der Waals surface area contributed by atoms with Gasteiger partial charge in [-0.25, -0.2) is 0 Å². The summed E-state index contributed by atoms with van der Waals surface area (Å²) in [6, 6.07) is 11.1. The van der Waals surface area contributed by atoms with Gasteiger partial charge in [-0.3, -0.25) is 4.79 Å². The van der Waals surface area contributed by atoms with Crippen molar-refractivity contribution in [3.05, 3.63) is 57.6 Å². The number of hydrogen-bond donors (Lipinski definition) is 3. The van der Waals surface area contributed by atoms with Gasteiger partial charge in [0.25, 0.3) is 5.91 Å². The Morgan fingerprint density at radius 3 is 2.55 bits per heavy atom. The molecular weight excluding hydrogens is 411 g/mol. The molecule has 0 radical (unpaired) electrons. The van der Waals surface area contributed by atoms with E-state index in [0.29, 0.717) is 19.6 Å². The Labute approximate surface area is 182 Å². The Bertz CT molecular complexity index is 800. The van der Waals surface area contributed by atoms with E-state index in [2.05, 4.69) is 5.32 Å². The number of halogens is 2. The van der Waals surface area contributed by atoms with Gasteiger partial charge in [0.15, 0.2) is 11.5 Å². The summed E-state index contributed by atoms with van der Waals surface area (Å²) in [6.45, 7) is 3.00. The van der Waals surface area contributed by atoms with Crippen LogP contribution < -0.4 is 15.8 Å². The lowest BCUT2D eigenvalue weighted by molar-refractivity contribution is 0.0937. The first kappa shape index (κ1) is 23.3. The number of aromatic hydroxyl groups is 1. The van der Waals surface area contributed by atoms with Gasteiger partial charge >= 0.3 is 0 Å². The highest BCUT2D eigenvalue weighted by Gasteiger charge is 2.22. The number of hydrogen-bond acceptors (Lipinski definition) is 4.